The summed E-state index contributed by atoms with van der Waals surface area (Å²) in [7, 11) is 0. The van der Waals surface area contributed by atoms with Gasteiger partial charge in [-0.25, -0.2) is 4.39 Å². The predicted molar refractivity (Wildman–Crippen MR) is 77.7 cm³/mol. The Morgan fingerprint density at radius 3 is 2.70 bits per heavy atom. The van der Waals surface area contributed by atoms with Gasteiger partial charge in [0.1, 0.15) is 5.82 Å². The summed E-state index contributed by atoms with van der Waals surface area (Å²) in [6.45, 7) is 0. The number of fused-ring (bicyclic) bond motifs is 1. The molecule has 102 valence electrons. The highest BCUT2D eigenvalue weighted by molar-refractivity contribution is 6.34. The molecular formula is C17H14ClFO. The maximum atomic E-state index is 13.3. The van der Waals surface area contributed by atoms with Crippen LogP contribution in [0.3, 0.4) is 0 Å². The Morgan fingerprint density at radius 1 is 1.15 bits per heavy atom. The van der Waals surface area contributed by atoms with Crippen LogP contribution in [0.2, 0.25) is 5.02 Å². The van der Waals surface area contributed by atoms with Crippen LogP contribution in [0.4, 0.5) is 4.39 Å². The molecule has 0 bridgehead atoms. The van der Waals surface area contributed by atoms with E-state index in [1.165, 1.54) is 29.3 Å². The summed E-state index contributed by atoms with van der Waals surface area (Å²) in [5.41, 5.74) is 2.82. The van der Waals surface area contributed by atoms with Crippen molar-refractivity contribution in [1.82, 2.24) is 0 Å². The van der Waals surface area contributed by atoms with Gasteiger partial charge in [-0.2, -0.15) is 0 Å². The van der Waals surface area contributed by atoms with Gasteiger partial charge in [-0.15, -0.1) is 0 Å². The van der Waals surface area contributed by atoms with Gasteiger partial charge in [0.25, 0.3) is 0 Å². The summed E-state index contributed by atoms with van der Waals surface area (Å²) in [6, 6.07) is 12.1. The topological polar surface area (TPSA) is 17.1 Å². The lowest BCUT2D eigenvalue weighted by atomic mass is 9.80. The number of hydrogen-bond acceptors (Lipinski definition) is 1. The van der Waals surface area contributed by atoms with Gasteiger partial charge in [0, 0.05) is 11.5 Å². The summed E-state index contributed by atoms with van der Waals surface area (Å²) < 4.78 is 13.3. The van der Waals surface area contributed by atoms with E-state index in [2.05, 4.69) is 12.1 Å². The van der Waals surface area contributed by atoms with Crippen LogP contribution in [0.5, 0.6) is 0 Å². The Bertz CT molecular complexity index is 666. The van der Waals surface area contributed by atoms with Gasteiger partial charge in [-0.3, -0.25) is 4.79 Å². The molecule has 0 saturated carbocycles. The van der Waals surface area contributed by atoms with Crippen LogP contribution in [0.1, 0.15) is 27.9 Å². The molecule has 0 aliphatic heterocycles. The largest absolute Gasteiger partial charge is 0.294 e. The number of carbonyl (C=O) groups excluding carboxylic acids is 1. The summed E-state index contributed by atoms with van der Waals surface area (Å²) in [5.74, 6) is -0.581. The fourth-order valence-electron chi connectivity index (χ4n) is 2.83. The fourth-order valence-corrected chi connectivity index (χ4v) is 3.04. The smallest absolute Gasteiger partial charge is 0.167 e. The van der Waals surface area contributed by atoms with Crippen LogP contribution in [0, 0.1) is 11.7 Å². The number of halogens is 2. The first-order chi connectivity index (χ1) is 9.65. The van der Waals surface area contributed by atoms with Gasteiger partial charge in [-0.05, 0) is 48.6 Å². The van der Waals surface area contributed by atoms with Gasteiger partial charge < -0.3 is 0 Å². The molecular weight excluding hydrogens is 275 g/mol. The van der Waals surface area contributed by atoms with Crippen LogP contribution in [0.25, 0.3) is 0 Å². The molecule has 0 spiro atoms. The zero-order valence-electron chi connectivity index (χ0n) is 10.9. The van der Waals surface area contributed by atoms with Crippen molar-refractivity contribution in [2.45, 2.75) is 19.3 Å². The molecule has 20 heavy (non-hydrogen) atoms. The van der Waals surface area contributed by atoms with Gasteiger partial charge in [0.15, 0.2) is 5.78 Å². The van der Waals surface area contributed by atoms with Crippen LogP contribution in [-0.2, 0) is 12.8 Å². The molecule has 0 radical (unpaired) electrons. The molecule has 0 amide bonds. The Hall–Kier alpha value is -1.67. The van der Waals surface area contributed by atoms with Crippen LogP contribution in [0.15, 0.2) is 42.5 Å². The van der Waals surface area contributed by atoms with Gasteiger partial charge in [-0.1, -0.05) is 35.9 Å². The number of rotatable bonds is 2. The maximum Gasteiger partial charge on any atom is 0.167 e. The van der Waals surface area contributed by atoms with Crippen LogP contribution in [-0.4, -0.2) is 5.78 Å². The Labute approximate surface area is 122 Å². The molecule has 1 nitrogen and oxygen atoms in total. The molecule has 1 aliphatic rings. The number of benzene rings is 2. The van der Waals surface area contributed by atoms with E-state index in [4.69, 9.17) is 11.6 Å². The SMILES string of the molecule is O=C(c1cc(F)ccc1Cl)C1CCc2ccccc2C1. The first-order valence-corrected chi connectivity index (χ1v) is 7.09. The van der Waals surface area contributed by atoms with E-state index in [9.17, 15) is 9.18 Å². The number of hydrogen-bond donors (Lipinski definition) is 0. The molecule has 1 unspecified atom stereocenters. The summed E-state index contributed by atoms with van der Waals surface area (Å²) in [6.07, 6.45) is 2.39. The summed E-state index contributed by atoms with van der Waals surface area (Å²) in [5, 5.41) is 0.329. The normalized spacial score (nSPS) is 17.6. The van der Waals surface area contributed by atoms with Crippen molar-refractivity contribution >= 4 is 17.4 Å². The minimum Gasteiger partial charge on any atom is -0.294 e. The summed E-state index contributed by atoms with van der Waals surface area (Å²) >= 11 is 6.02. The van der Waals surface area contributed by atoms with E-state index in [-0.39, 0.29) is 11.7 Å². The highest BCUT2D eigenvalue weighted by Gasteiger charge is 2.26. The van der Waals surface area contributed by atoms with Crippen LogP contribution < -0.4 is 0 Å². The third-order valence-corrected chi connectivity index (χ3v) is 4.24. The van der Waals surface area contributed by atoms with Gasteiger partial charge >= 0.3 is 0 Å². The number of Topliss-reactive ketones (excluding diaryl/α,β-unsaturated/α-hetero) is 1. The third-order valence-electron chi connectivity index (χ3n) is 3.91. The van der Waals surface area contributed by atoms with Crippen molar-refractivity contribution in [3.05, 3.63) is 70.0 Å². The Balaban J connectivity index is 1.88. The Kier molecular flexibility index (Phi) is 3.58. The van der Waals surface area contributed by atoms with Gasteiger partial charge in [0.05, 0.1) is 5.02 Å². The molecule has 0 heterocycles. The molecule has 1 atom stereocenters. The van der Waals surface area contributed by atoms with E-state index in [1.807, 2.05) is 12.1 Å². The lowest BCUT2D eigenvalue weighted by Gasteiger charge is -2.23. The lowest BCUT2D eigenvalue weighted by Crippen LogP contribution is -2.23. The molecule has 0 saturated heterocycles. The van der Waals surface area contributed by atoms with E-state index < -0.39 is 5.82 Å². The molecule has 2 aromatic rings. The van der Waals surface area contributed by atoms with Crippen molar-refractivity contribution in [2.75, 3.05) is 0 Å². The van der Waals surface area contributed by atoms with Crippen molar-refractivity contribution in [3.8, 4) is 0 Å². The highest BCUT2D eigenvalue weighted by Crippen LogP contribution is 2.30. The first kappa shape index (κ1) is 13.3. The van der Waals surface area contributed by atoms with Crippen molar-refractivity contribution < 1.29 is 9.18 Å². The predicted octanol–water partition coefficient (Wildman–Crippen LogP) is 4.47. The molecule has 3 rings (SSSR count). The highest BCUT2D eigenvalue weighted by atomic mass is 35.5. The second-order valence-corrected chi connectivity index (χ2v) is 5.60. The second-order valence-electron chi connectivity index (χ2n) is 5.20. The quantitative estimate of drug-likeness (QED) is 0.745. The molecule has 3 heteroatoms. The van der Waals surface area contributed by atoms with E-state index in [0.29, 0.717) is 17.0 Å². The molecule has 2 aromatic carbocycles. The molecule has 0 fully saturated rings. The van der Waals surface area contributed by atoms with E-state index in [1.54, 1.807) is 0 Å². The maximum absolute atomic E-state index is 13.3. The molecule has 1 aliphatic carbocycles. The van der Waals surface area contributed by atoms with E-state index in [0.717, 1.165) is 12.8 Å². The second kappa shape index (κ2) is 5.37. The standard InChI is InChI=1S/C17H14ClFO/c18-16-8-7-14(19)10-15(16)17(20)13-6-5-11-3-1-2-4-12(11)9-13/h1-4,7-8,10,13H,5-6,9H2. The molecule has 0 N–H and O–H groups in total. The number of carbonyl (C=O) groups is 1. The van der Waals surface area contributed by atoms with Crippen molar-refractivity contribution in [3.63, 3.8) is 0 Å². The molecule has 0 aromatic heterocycles. The first-order valence-electron chi connectivity index (χ1n) is 6.71. The third kappa shape index (κ3) is 2.48. The number of ketones is 1. The summed E-state index contributed by atoms with van der Waals surface area (Å²) in [4.78, 5) is 12.5. The minimum absolute atomic E-state index is 0.0518. The monoisotopic (exact) mass is 288 g/mol. The van der Waals surface area contributed by atoms with E-state index >= 15 is 0 Å². The van der Waals surface area contributed by atoms with Crippen LogP contribution >= 0.6 is 11.6 Å². The van der Waals surface area contributed by atoms with Gasteiger partial charge in [0.2, 0.25) is 0 Å². The number of aryl methyl sites for hydroxylation is 1. The van der Waals surface area contributed by atoms with Crippen molar-refractivity contribution in [1.29, 1.82) is 0 Å². The average Bonchev–Trinajstić information content (AvgIpc) is 2.48. The lowest BCUT2D eigenvalue weighted by molar-refractivity contribution is 0.0908. The average molecular weight is 289 g/mol. The zero-order valence-corrected chi connectivity index (χ0v) is 11.7. The Morgan fingerprint density at radius 2 is 1.90 bits per heavy atom. The van der Waals surface area contributed by atoms with Crippen molar-refractivity contribution in [2.24, 2.45) is 5.92 Å². The fraction of sp³-hybridized carbons (Fsp3) is 0.235. The minimum atomic E-state index is -0.422. The zero-order chi connectivity index (χ0) is 14.1.